The van der Waals surface area contributed by atoms with E-state index < -0.39 is 0 Å². The van der Waals surface area contributed by atoms with Crippen LogP contribution in [0.3, 0.4) is 0 Å². The van der Waals surface area contributed by atoms with E-state index in [4.69, 9.17) is 5.73 Å². The molecular weight excluding hydrogens is 296 g/mol. The molecule has 0 aliphatic heterocycles. The molecule has 0 spiro atoms. The molecule has 0 fully saturated rings. The first kappa shape index (κ1) is 15.0. The fourth-order valence-corrected chi connectivity index (χ4v) is 2.46. The lowest BCUT2D eigenvalue weighted by molar-refractivity contribution is 0.617. The second-order valence-corrected chi connectivity index (χ2v) is 5.89. The molecule has 0 radical (unpaired) electrons. The molecule has 0 aliphatic carbocycles. The van der Waals surface area contributed by atoms with Gasteiger partial charge in [-0.1, -0.05) is 35.2 Å². The molecule has 0 amide bonds. The molecule has 4 heteroatoms. The highest BCUT2D eigenvalue weighted by molar-refractivity contribution is 9.10. The van der Waals surface area contributed by atoms with Crippen LogP contribution in [0.2, 0.25) is 0 Å². The highest BCUT2D eigenvalue weighted by Crippen LogP contribution is 2.18. The molecule has 0 saturated carbocycles. The van der Waals surface area contributed by atoms with E-state index in [1.807, 2.05) is 0 Å². The molecule has 0 saturated heterocycles. The fourth-order valence-electron chi connectivity index (χ4n) is 1.51. The Morgan fingerprint density at radius 2 is 1.65 bits per heavy atom. The molecule has 96 valence electrons. The van der Waals surface area contributed by atoms with E-state index in [0.29, 0.717) is 0 Å². The molecule has 3 N–H and O–H groups in total. The normalized spacial score (nSPS) is 10.7. The van der Waals surface area contributed by atoms with Gasteiger partial charge in [0, 0.05) is 15.9 Å². The zero-order valence-electron chi connectivity index (χ0n) is 10.1. The molecule has 0 aliphatic rings. The third kappa shape index (κ3) is 7.82. The minimum absolute atomic E-state index is 0.831. The van der Waals surface area contributed by atoms with Gasteiger partial charge in [-0.2, -0.15) is 0 Å². The van der Waals surface area contributed by atoms with Crippen molar-refractivity contribution >= 4 is 27.9 Å². The van der Waals surface area contributed by atoms with Crippen molar-refractivity contribution in [2.24, 2.45) is 5.73 Å². The van der Waals surface area contributed by atoms with E-state index >= 15 is 0 Å². The first-order valence-electron chi connectivity index (χ1n) is 6.18. The lowest BCUT2D eigenvalue weighted by Crippen LogP contribution is -2.05. The number of halogens is 1. The molecule has 0 aromatic heterocycles. The standard InChI is InChI=1S/C13H21BrN2S/c14-12-6-8-13(9-7-12)17-16-11-5-3-1-2-4-10-15/h6-9,16H,1-5,10-11,15H2. The maximum Gasteiger partial charge on any atom is 0.0228 e. The second-order valence-electron chi connectivity index (χ2n) is 4.01. The van der Waals surface area contributed by atoms with Gasteiger partial charge in [0.2, 0.25) is 0 Å². The van der Waals surface area contributed by atoms with E-state index in [1.165, 1.54) is 37.0 Å². The summed E-state index contributed by atoms with van der Waals surface area (Å²) in [5, 5.41) is 0. The van der Waals surface area contributed by atoms with Crippen LogP contribution in [-0.4, -0.2) is 13.1 Å². The molecule has 1 rings (SSSR count). The van der Waals surface area contributed by atoms with Crippen molar-refractivity contribution in [1.29, 1.82) is 0 Å². The minimum atomic E-state index is 0.831. The summed E-state index contributed by atoms with van der Waals surface area (Å²) in [7, 11) is 0. The van der Waals surface area contributed by atoms with Crippen molar-refractivity contribution in [1.82, 2.24) is 4.72 Å². The number of hydrogen-bond acceptors (Lipinski definition) is 3. The smallest absolute Gasteiger partial charge is 0.0228 e. The highest BCUT2D eigenvalue weighted by atomic mass is 79.9. The summed E-state index contributed by atoms with van der Waals surface area (Å²) >= 11 is 5.14. The Labute approximate surface area is 117 Å². The monoisotopic (exact) mass is 316 g/mol. The van der Waals surface area contributed by atoms with Gasteiger partial charge in [-0.3, -0.25) is 4.72 Å². The van der Waals surface area contributed by atoms with Crippen LogP contribution < -0.4 is 10.5 Å². The number of hydrogen-bond donors (Lipinski definition) is 2. The lowest BCUT2D eigenvalue weighted by atomic mass is 10.1. The minimum Gasteiger partial charge on any atom is -0.330 e. The van der Waals surface area contributed by atoms with Crippen molar-refractivity contribution in [3.05, 3.63) is 28.7 Å². The van der Waals surface area contributed by atoms with Crippen molar-refractivity contribution < 1.29 is 0 Å². The van der Waals surface area contributed by atoms with Crippen molar-refractivity contribution in [2.45, 2.75) is 37.0 Å². The van der Waals surface area contributed by atoms with E-state index in [0.717, 1.165) is 17.6 Å². The van der Waals surface area contributed by atoms with Crippen molar-refractivity contribution in [2.75, 3.05) is 13.1 Å². The van der Waals surface area contributed by atoms with Gasteiger partial charge in [0.1, 0.15) is 0 Å². The SMILES string of the molecule is NCCCCCCCNSc1ccc(Br)cc1. The summed E-state index contributed by atoms with van der Waals surface area (Å²) in [6, 6.07) is 8.36. The molecule has 0 bridgehead atoms. The molecule has 0 heterocycles. The molecule has 0 atom stereocenters. The van der Waals surface area contributed by atoms with E-state index in [-0.39, 0.29) is 0 Å². The van der Waals surface area contributed by atoms with Crippen LogP contribution >= 0.6 is 27.9 Å². The van der Waals surface area contributed by atoms with Gasteiger partial charge in [0.15, 0.2) is 0 Å². The number of rotatable bonds is 9. The van der Waals surface area contributed by atoms with E-state index in [9.17, 15) is 0 Å². The predicted octanol–water partition coefficient (Wildman–Crippen LogP) is 3.96. The second kappa shape index (κ2) is 9.95. The van der Waals surface area contributed by atoms with Gasteiger partial charge in [-0.05, 0) is 55.6 Å². The Morgan fingerprint density at radius 3 is 2.35 bits per heavy atom. The fraction of sp³-hybridized carbons (Fsp3) is 0.538. The first-order chi connectivity index (χ1) is 8.33. The third-order valence-corrected chi connectivity index (χ3v) is 3.87. The van der Waals surface area contributed by atoms with Crippen LogP contribution in [0.25, 0.3) is 0 Å². The lowest BCUT2D eigenvalue weighted by Gasteiger charge is -2.04. The van der Waals surface area contributed by atoms with Crippen molar-refractivity contribution in [3.63, 3.8) is 0 Å². The Bertz CT molecular complexity index is 290. The Morgan fingerprint density at radius 1 is 1.00 bits per heavy atom. The molecule has 2 nitrogen and oxygen atoms in total. The third-order valence-electron chi connectivity index (χ3n) is 2.49. The van der Waals surface area contributed by atoms with Crippen LogP contribution in [0.1, 0.15) is 32.1 Å². The van der Waals surface area contributed by atoms with Crippen LogP contribution in [-0.2, 0) is 0 Å². The largest absolute Gasteiger partial charge is 0.330 e. The van der Waals surface area contributed by atoms with Gasteiger partial charge in [-0.15, -0.1) is 0 Å². The van der Waals surface area contributed by atoms with Crippen LogP contribution in [0, 0.1) is 0 Å². The summed E-state index contributed by atoms with van der Waals surface area (Å²) in [6.45, 7) is 1.90. The molecule has 1 aromatic carbocycles. The number of unbranched alkanes of at least 4 members (excludes halogenated alkanes) is 4. The first-order valence-corrected chi connectivity index (χ1v) is 7.79. The Hall–Kier alpha value is -0.0300. The molecule has 0 unspecified atom stereocenters. The quantitative estimate of drug-likeness (QED) is 0.535. The van der Waals surface area contributed by atoms with Crippen LogP contribution in [0.4, 0.5) is 0 Å². The predicted molar refractivity (Wildman–Crippen MR) is 80.1 cm³/mol. The van der Waals surface area contributed by atoms with Gasteiger partial charge in [0.25, 0.3) is 0 Å². The van der Waals surface area contributed by atoms with E-state index in [1.54, 1.807) is 11.9 Å². The maximum absolute atomic E-state index is 5.45. The number of benzene rings is 1. The van der Waals surface area contributed by atoms with Crippen molar-refractivity contribution in [3.8, 4) is 0 Å². The van der Waals surface area contributed by atoms with Gasteiger partial charge < -0.3 is 5.73 Å². The molecule has 17 heavy (non-hydrogen) atoms. The van der Waals surface area contributed by atoms with Crippen LogP contribution in [0.5, 0.6) is 0 Å². The van der Waals surface area contributed by atoms with E-state index in [2.05, 4.69) is 44.9 Å². The summed E-state index contributed by atoms with van der Waals surface area (Å²) in [4.78, 5) is 1.26. The topological polar surface area (TPSA) is 38.0 Å². The summed E-state index contributed by atoms with van der Waals surface area (Å²) in [5.41, 5.74) is 5.45. The van der Waals surface area contributed by atoms with Gasteiger partial charge in [-0.25, -0.2) is 0 Å². The zero-order chi connectivity index (χ0) is 12.3. The summed E-state index contributed by atoms with van der Waals surface area (Å²) in [6.07, 6.45) is 6.29. The molecule has 1 aromatic rings. The number of nitrogens with one attached hydrogen (secondary N) is 1. The number of nitrogens with two attached hydrogens (primary N) is 1. The Kier molecular flexibility index (Phi) is 8.79. The van der Waals surface area contributed by atoms with Crippen LogP contribution in [0.15, 0.2) is 33.6 Å². The summed E-state index contributed by atoms with van der Waals surface area (Å²) < 4.78 is 4.52. The maximum atomic E-state index is 5.45. The van der Waals surface area contributed by atoms with Gasteiger partial charge in [0.05, 0.1) is 0 Å². The average molecular weight is 317 g/mol. The highest BCUT2D eigenvalue weighted by Gasteiger charge is 1.94. The Balaban J connectivity index is 1.95. The average Bonchev–Trinajstić information content (AvgIpc) is 2.35. The zero-order valence-corrected chi connectivity index (χ0v) is 12.5. The van der Waals surface area contributed by atoms with Gasteiger partial charge >= 0.3 is 0 Å². The molecular formula is C13H21BrN2S. The summed E-state index contributed by atoms with van der Waals surface area (Å²) in [5.74, 6) is 0.